The van der Waals surface area contributed by atoms with Crippen LogP contribution in [-0.2, 0) is 14.3 Å². The molecular weight excluding hydrogens is 148 g/mol. The second-order valence-electron chi connectivity index (χ2n) is 2.12. The quantitative estimate of drug-likeness (QED) is 0.346. The van der Waals surface area contributed by atoms with Crippen LogP contribution in [0.3, 0.4) is 0 Å². The summed E-state index contributed by atoms with van der Waals surface area (Å²) in [5, 5.41) is 8.33. The molecule has 0 radical (unpaired) electrons. The van der Waals surface area contributed by atoms with Crippen molar-refractivity contribution < 1.29 is 19.4 Å². The number of aliphatic hydroxyl groups excluding tert-OH is 1. The van der Waals surface area contributed by atoms with Crippen LogP contribution in [0.2, 0.25) is 0 Å². The smallest absolute Gasteiger partial charge is 0.374 e. The van der Waals surface area contributed by atoms with Crippen LogP contribution < -0.4 is 0 Å². The van der Waals surface area contributed by atoms with E-state index in [-0.39, 0.29) is 13.2 Å². The number of hydrogen-bond acceptors (Lipinski definition) is 4. The lowest BCUT2D eigenvalue weighted by molar-refractivity contribution is -0.153. The van der Waals surface area contributed by atoms with Crippen molar-refractivity contribution in [2.45, 2.75) is 19.8 Å². The molecular formula is C7H12O4. The highest BCUT2D eigenvalue weighted by molar-refractivity contribution is 6.32. The first-order valence-corrected chi connectivity index (χ1v) is 3.47. The van der Waals surface area contributed by atoms with Crippen LogP contribution >= 0.6 is 0 Å². The van der Waals surface area contributed by atoms with Gasteiger partial charge in [0.25, 0.3) is 0 Å². The maximum Gasteiger partial charge on any atom is 0.374 e. The van der Waals surface area contributed by atoms with Crippen molar-refractivity contribution in [3.05, 3.63) is 0 Å². The molecule has 0 spiro atoms. The maximum atomic E-state index is 10.5. The summed E-state index contributed by atoms with van der Waals surface area (Å²) in [4.78, 5) is 20.8. The molecule has 0 aliphatic heterocycles. The van der Waals surface area contributed by atoms with Gasteiger partial charge in [-0.2, -0.15) is 0 Å². The van der Waals surface area contributed by atoms with E-state index in [4.69, 9.17) is 5.11 Å². The van der Waals surface area contributed by atoms with Crippen molar-refractivity contribution in [3.8, 4) is 0 Å². The van der Waals surface area contributed by atoms with E-state index in [9.17, 15) is 9.59 Å². The lowest BCUT2D eigenvalue weighted by atomic mass is 10.3. The topological polar surface area (TPSA) is 63.6 Å². The lowest BCUT2D eigenvalue weighted by Crippen LogP contribution is -2.14. The fourth-order valence-electron chi connectivity index (χ4n) is 0.480. The molecule has 0 fully saturated rings. The molecule has 0 aromatic carbocycles. The van der Waals surface area contributed by atoms with Crippen LogP contribution in [-0.4, -0.2) is 30.1 Å². The third-order valence-electron chi connectivity index (χ3n) is 1.07. The Kier molecular flexibility index (Phi) is 5.37. The van der Waals surface area contributed by atoms with Crippen LogP contribution in [0.25, 0.3) is 0 Å². The Morgan fingerprint density at radius 3 is 2.45 bits per heavy atom. The third kappa shape index (κ3) is 5.54. The summed E-state index contributed by atoms with van der Waals surface area (Å²) in [5.41, 5.74) is 0. The summed E-state index contributed by atoms with van der Waals surface area (Å²) in [6.07, 6.45) is 1.18. The second kappa shape index (κ2) is 5.85. The largest absolute Gasteiger partial charge is 0.460 e. The van der Waals surface area contributed by atoms with E-state index in [1.54, 1.807) is 0 Å². The number of esters is 1. The van der Waals surface area contributed by atoms with E-state index in [2.05, 4.69) is 4.74 Å². The molecule has 4 heteroatoms. The first-order valence-electron chi connectivity index (χ1n) is 3.47. The fourth-order valence-corrected chi connectivity index (χ4v) is 0.480. The third-order valence-corrected chi connectivity index (χ3v) is 1.07. The number of Topliss-reactive ketones (excluding diaryl/α,β-unsaturated/α-hetero) is 1. The van der Waals surface area contributed by atoms with E-state index >= 15 is 0 Å². The van der Waals surface area contributed by atoms with Gasteiger partial charge in [-0.3, -0.25) is 4.79 Å². The van der Waals surface area contributed by atoms with Gasteiger partial charge in [-0.05, 0) is 12.8 Å². The maximum absolute atomic E-state index is 10.5. The molecule has 0 aliphatic rings. The van der Waals surface area contributed by atoms with Crippen LogP contribution in [0.1, 0.15) is 19.8 Å². The van der Waals surface area contributed by atoms with Gasteiger partial charge in [0.2, 0.25) is 5.78 Å². The number of rotatable bonds is 5. The zero-order chi connectivity index (χ0) is 8.69. The molecule has 1 N–H and O–H groups in total. The molecule has 0 bridgehead atoms. The first-order chi connectivity index (χ1) is 5.18. The molecule has 0 aliphatic carbocycles. The number of ketones is 1. The van der Waals surface area contributed by atoms with Crippen LogP contribution in [0.4, 0.5) is 0 Å². The number of aliphatic hydroxyl groups is 1. The van der Waals surface area contributed by atoms with Gasteiger partial charge in [0.05, 0.1) is 6.61 Å². The van der Waals surface area contributed by atoms with Crippen LogP contribution in [0, 0.1) is 0 Å². The summed E-state index contributed by atoms with van der Waals surface area (Å²) in [5.74, 6) is -1.39. The molecule has 0 atom stereocenters. The molecule has 0 aromatic rings. The van der Waals surface area contributed by atoms with Gasteiger partial charge in [0.15, 0.2) is 0 Å². The monoisotopic (exact) mass is 160 g/mol. The van der Waals surface area contributed by atoms with Crippen molar-refractivity contribution in [3.63, 3.8) is 0 Å². The number of ether oxygens (including phenoxy) is 1. The minimum Gasteiger partial charge on any atom is -0.460 e. The zero-order valence-electron chi connectivity index (χ0n) is 6.50. The van der Waals surface area contributed by atoms with Crippen molar-refractivity contribution in [1.82, 2.24) is 0 Å². The average molecular weight is 160 g/mol. The van der Waals surface area contributed by atoms with Gasteiger partial charge >= 0.3 is 5.97 Å². The van der Waals surface area contributed by atoms with Gasteiger partial charge in [0.1, 0.15) is 0 Å². The minimum atomic E-state index is -0.803. The van der Waals surface area contributed by atoms with E-state index in [1.165, 1.54) is 0 Å². The number of carbonyl (C=O) groups is 2. The molecule has 0 saturated carbocycles. The molecule has 0 rings (SSSR count). The molecule has 64 valence electrons. The number of hydrogen-bond donors (Lipinski definition) is 1. The average Bonchev–Trinajstić information content (AvgIpc) is 1.97. The molecule has 0 amide bonds. The highest BCUT2D eigenvalue weighted by Crippen LogP contribution is 1.89. The van der Waals surface area contributed by atoms with Gasteiger partial charge in [-0.15, -0.1) is 0 Å². The first kappa shape index (κ1) is 10.1. The molecule has 11 heavy (non-hydrogen) atoms. The van der Waals surface area contributed by atoms with E-state index in [0.29, 0.717) is 12.8 Å². The summed E-state index contributed by atoms with van der Waals surface area (Å²) < 4.78 is 4.51. The molecule has 0 aromatic heterocycles. The van der Waals surface area contributed by atoms with Crippen molar-refractivity contribution in [1.29, 1.82) is 0 Å². The van der Waals surface area contributed by atoms with E-state index < -0.39 is 11.8 Å². The van der Waals surface area contributed by atoms with Gasteiger partial charge in [-0.1, -0.05) is 0 Å². The Labute approximate surface area is 65.2 Å². The van der Waals surface area contributed by atoms with Crippen molar-refractivity contribution in [2.75, 3.05) is 13.2 Å². The Morgan fingerprint density at radius 1 is 1.36 bits per heavy atom. The molecule has 4 nitrogen and oxygen atoms in total. The normalized spacial score (nSPS) is 9.27. The number of carbonyl (C=O) groups excluding carboxylic acids is 2. The highest BCUT2D eigenvalue weighted by Gasteiger charge is 2.07. The summed E-state index contributed by atoms with van der Waals surface area (Å²) in [6.45, 7) is 1.45. The predicted octanol–water partition coefficient (Wildman–Crippen LogP) is -0.109. The predicted molar refractivity (Wildman–Crippen MR) is 38.0 cm³/mol. The van der Waals surface area contributed by atoms with Crippen molar-refractivity contribution >= 4 is 11.8 Å². The molecule has 0 unspecified atom stereocenters. The second-order valence-corrected chi connectivity index (χ2v) is 2.12. The minimum absolute atomic E-state index is 0.0810. The zero-order valence-corrected chi connectivity index (χ0v) is 6.50. The van der Waals surface area contributed by atoms with Crippen molar-refractivity contribution in [2.24, 2.45) is 0 Å². The summed E-state index contributed by atoms with van der Waals surface area (Å²) in [6, 6.07) is 0. The fraction of sp³-hybridized carbons (Fsp3) is 0.714. The standard InChI is InChI=1S/C7H12O4/c1-6(9)7(10)11-5-3-2-4-8/h8H,2-5H2,1H3. The molecule has 0 saturated heterocycles. The van der Waals surface area contributed by atoms with E-state index in [1.807, 2.05) is 0 Å². The Bertz CT molecular complexity index is 141. The Balaban J connectivity index is 3.25. The van der Waals surface area contributed by atoms with Gasteiger partial charge in [-0.25, -0.2) is 4.79 Å². The highest BCUT2D eigenvalue weighted by atomic mass is 16.5. The lowest BCUT2D eigenvalue weighted by Gasteiger charge is -1.99. The van der Waals surface area contributed by atoms with Crippen LogP contribution in [0.5, 0.6) is 0 Å². The Hall–Kier alpha value is -0.900. The number of unbranched alkanes of at least 4 members (excludes halogenated alkanes) is 1. The SMILES string of the molecule is CC(=O)C(=O)OCCCCO. The molecule has 0 heterocycles. The van der Waals surface area contributed by atoms with Gasteiger partial charge < -0.3 is 9.84 Å². The summed E-state index contributed by atoms with van der Waals surface area (Å²) >= 11 is 0. The van der Waals surface area contributed by atoms with Crippen LogP contribution in [0.15, 0.2) is 0 Å². The Morgan fingerprint density at radius 2 is 2.00 bits per heavy atom. The summed E-state index contributed by atoms with van der Waals surface area (Å²) in [7, 11) is 0. The van der Waals surface area contributed by atoms with Gasteiger partial charge in [0, 0.05) is 13.5 Å². The van der Waals surface area contributed by atoms with E-state index in [0.717, 1.165) is 6.92 Å².